The van der Waals surface area contributed by atoms with Crippen LogP contribution in [0.3, 0.4) is 0 Å². The van der Waals surface area contributed by atoms with Gasteiger partial charge in [-0.15, -0.1) is 0 Å². The molecule has 0 saturated heterocycles. The molecule has 10 aromatic rings. The molecule has 8 aromatic carbocycles. The summed E-state index contributed by atoms with van der Waals surface area (Å²) >= 11 is 0. The van der Waals surface area contributed by atoms with E-state index in [1.807, 2.05) is 24.8 Å². The Balaban J connectivity index is 1.02. The molecular weight excluding hydrogens is 737 g/mol. The summed E-state index contributed by atoms with van der Waals surface area (Å²) in [6.45, 7) is 0. The highest BCUT2D eigenvalue weighted by Gasteiger charge is 2.52. The smallest absolute Gasteiger partial charge is 0.0725 e. The number of aromatic nitrogens is 2. The molecule has 0 amide bonds. The molecule has 2 heterocycles. The van der Waals surface area contributed by atoms with Crippen LogP contribution in [0.15, 0.2) is 231 Å². The molecule has 0 aliphatic heterocycles. The van der Waals surface area contributed by atoms with Crippen molar-refractivity contribution in [2.24, 2.45) is 0 Å². The second kappa shape index (κ2) is 14.1. The minimum absolute atomic E-state index is 0.485. The molecule has 1 spiro atoms. The summed E-state index contributed by atoms with van der Waals surface area (Å²) in [6.07, 6.45) is 7.85. The van der Waals surface area contributed by atoms with Gasteiger partial charge in [-0.2, -0.15) is 0 Å². The molecule has 61 heavy (non-hydrogen) atoms. The van der Waals surface area contributed by atoms with Crippen molar-refractivity contribution >= 4 is 0 Å². The zero-order chi connectivity index (χ0) is 40.3. The van der Waals surface area contributed by atoms with Gasteiger partial charge in [-0.1, -0.05) is 182 Å². The van der Waals surface area contributed by atoms with Crippen LogP contribution in [0.4, 0.5) is 0 Å². The molecule has 0 bridgehead atoms. The number of benzene rings is 8. The van der Waals surface area contributed by atoms with Crippen molar-refractivity contribution in [3.63, 3.8) is 0 Å². The number of hydrogen-bond donors (Lipinski definition) is 0. The maximum absolute atomic E-state index is 4.68. The number of nitrogens with zero attached hydrogens (tertiary/aromatic N) is 2. The molecule has 284 valence electrons. The van der Waals surface area contributed by atoms with E-state index in [-0.39, 0.29) is 0 Å². The molecule has 0 saturated carbocycles. The first-order valence-corrected chi connectivity index (χ1v) is 20.9. The van der Waals surface area contributed by atoms with Crippen molar-refractivity contribution < 1.29 is 0 Å². The highest BCUT2D eigenvalue weighted by Crippen LogP contribution is 2.65. The summed E-state index contributed by atoms with van der Waals surface area (Å²) in [5.74, 6) is 0. The second-order valence-corrected chi connectivity index (χ2v) is 16.1. The summed E-state index contributed by atoms with van der Waals surface area (Å²) in [4.78, 5) is 9.36. The molecule has 0 unspecified atom stereocenters. The third-order valence-electron chi connectivity index (χ3n) is 12.8. The van der Waals surface area contributed by atoms with Crippen LogP contribution in [0, 0.1) is 0 Å². The molecular formula is C59H38N2. The van der Waals surface area contributed by atoms with Gasteiger partial charge < -0.3 is 0 Å². The standard InChI is InChI=1S/C59H38N2/c1-3-15-39(16-4-1)45-33-47(37-60-35-45)41-19-11-21-43(31-41)49-25-13-29-55-57(49)51-23-7-9-27-53(51)59(55)54-28-10-8-24-52(54)58-50(26-14-30-56(58)59)44-22-12-20-42(32-44)48-34-46(36-61-38-48)40-17-5-2-6-18-40/h1-38H. The van der Waals surface area contributed by atoms with E-state index in [4.69, 9.17) is 0 Å². The largest absolute Gasteiger partial charge is 0.263 e. The summed E-state index contributed by atoms with van der Waals surface area (Å²) in [5.41, 5.74) is 23.9. The van der Waals surface area contributed by atoms with E-state index < -0.39 is 5.41 Å². The summed E-state index contributed by atoms with van der Waals surface area (Å²) < 4.78 is 0. The molecule has 0 atom stereocenters. The Morgan fingerprint density at radius 2 is 0.541 bits per heavy atom. The van der Waals surface area contributed by atoms with E-state index in [1.165, 1.54) is 66.8 Å². The molecule has 2 aromatic heterocycles. The minimum atomic E-state index is -0.485. The lowest BCUT2D eigenvalue weighted by Crippen LogP contribution is -2.25. The molecule has 12 rings (SSSR count). The van der Waals surface area contributed by atoms with Crippen LogP contribution in [-0.4, -0.2) is 9.97 Å². The average Bonchev–Trinajstić information content (AvgIpc) is 3.82. The van der Waals surface area contributed by atoms with Gasteiger partial charge in [-0.25, -0.2) is 0 Å². The zero-order valence-electron chi connectivity index (χ0n) is 33.3. The average molecular weight is 775 g/mol. The Morgan fingerprint density at radius 1 is 0.230 bits per heavy atom. The molecule has 0 radical (unpaired) electrons. The third-order valence-corrected chi connectivity index (χ3v) is 12.8. The first-order valence-electron chi connectivity index (χ1n) is 20.9. The summed E-state index contributed by atoms with van der Waals surface area (Å²) in [6, 6.07) is 75.5. The van der Waals surface area contributed by atoms with Crippen LogP contribution in [0.25, 0.3) is 89.0 Å². The SMILES string of the molecule is c1ccc(-c2cncc(-c3cccc(-c4cccc5c4-c4ccccc4C54c5ccccc5-c5c(-c6cccc(-c7cncc(-c8ccccc8)c7)c6)cccc54)c3)c2)cc1. The van der Waals surface area contributed by atoms with Crippen LogP contribution in [0.2, 0.25) is 0 Å². The van der Waals surface area contributed by atoms with Crippen molar-refractivity contribution in [3.8, 4) is 89.0 Å². The molecule has 2 heteroatoms. The maximum Gasteiger partial charge on any atom is 0.0725 e. The number of hydrogen-bond acceptors (Lipinski definition) is 2. The molecule has 2 nitrogen and oxygen atoms in total. The van der Waals surface area contributed by atoms with E-state index in [0.29, 0.717) is 0 Å². The monoisotopic (exact) mass is 774 g/mol. The van der Waals surface area contributed by atoms with Crippen molar-refractivity contribution in [2.45, 2.75) is 5.41 Å². The van der Waals surface area contributed by atoms with Crippen LogP contribution in [0.1, 0.15) is 22.3 Å². The van der Waals surface area contributed by atoms with Gasteiger partial charge in [0.25, 0.3) is 0 Å². The zero-order valence-corrected chi connectivity index (χ0v) is 33.3. The highest BCUT2D eigenvalue weighted by molar-refractivity contribution is 6.03. The van der Waals surface area contributed by atoms with E-state index in [2.05, 4.69) is 216 Å². The normalized spacial score (nSPS) is 12.7. The number of pyridine rings is 2. The summed E-state index contributed by atoms with van der Waals surface area (Å²) in [5, 5.41) is 0. The van der Waals surface area contributed by atoms with Crippen LogP contribution < -0.4 is 0 Å². The van der Waals surface area contributed by atoms with Crippen LogP contribution in [-0.2, 0) is 5.41 Å². The van der Waals surface area contributed by atoms with Gasteiger partial charge in [0.15, 0.2) is 0 Å². The number of rotatable bonds is 6. The van der Waals surface area contributed by atoms with Gasteiger partial charge in [0.2, 0.25) is 0 Å². The topological polar surface area (TPSA) is 25.8 Å². The van der Waals surface area contributed by atoms with Crippen LogP contribution in [0.5, 0.6) is 0 Å². The van der Waals surface area contributed by atoms with E-state index in [9.17, 15) is 0 Å². The predicted molar refractivity (Wildman–Crippen MR) is 251 cm³/mol. The quantitative estimate of drug-likeness (QED) is 0.168. The Hall–Kier alpha value is -7.94. The van der Waals surface area contributed by atoms with Gasteiger partial charge in [-0.05, 0) is 113 Å². The summed E-state index contributed by atoms with van der Waals surface area (Å²) in [7, 11) is 0. The van der Waals surface area contributed by atoms with E-state index >= 15 is 0 Å². The van der Waals surface area contributed by atoms with Crippen molar-refractivity contribution in [2.75, 3.05) is 0 Å². The van der Waals surface area contributed by atoms with Gasteiger partial charge in [-0.3, -0.25) is 9.97 Å². The highest BCUT2D eigenvalue weighted by atomic mass is 14.6. The first-order chi connectivity index (χ1) is 30.3. The Labute approximate surface area is 356 Å². The van der Waals surface area contributed by atoms with Gasteiger partial charge in [0.1, 0.15) is 0 Å². The molecule has 2 aliphatic rings. The van der Waals surface area contributed by atoms with Gasteiger partial charge in [0.05, 0.1) is 5.41 Å². The molecule has 0 N–H and O–H groups in total. The fraction of sp³-hybridized carbons (Fsp3) is 0.0169. The lowest BCUT2D eigenvalue weighted by molar-refractivity contribution is 0.794. The Kier molecular flexibility index (Phi) is 8.11. The maximum atomic E-state index is 4.68. The van der Waals surface area contributed by atoms with Crippen LogP contribution >= 0.6 is 0 Å². The van der Waals surface area contributed by atoms with E-state index in [1.54, 1.807) is 0 Å². The first kappa shape index (κ1) is 35.0. The fourth-order valence-electron chi connectivity index (χ4n) is 10.2. The number of fused-ring (bicyclic) bond motifs is 10. The lowest BCUT2D eigenvalue weighted by atomic mass is 9.70. The Morgan fingerprint density at radius 3 is 1.00 bits per heavy atom. The predicted octanol–water partition coefficient (Wildman–Crippen LogP) is 14.8. The lowest BCUT2D eigenvalue weighted by Gasteiger charge is -2.30. The van der Waals surface area contributed by atoms with Gasteiger partial charge >= 0.3 is 0 Å². The third kappa shape index (κ3) is 5.50. The van der Waals surface area contributed by atoms with Crippen molar-refractivity contribution in [1.82, 2.24) is 9.97 Å². The minimum Gasteiger partial charge on any atom is -0.263 e. The second-order valence-electron chi connectivity index (χ2n) is 16.1. The molecule has 0 fully saturated rings. The van der Waals surface area contributed by atoms with E-state index in [0.717, 1.165) is 44.5 Å². The Bertz CT molecular complexity index is 3090. The van der Waals surface area contributed by atoms with Crippen molar-refractivity contribution in [1.29, 1.82) is 0 Å². The fourth-order valence-corrected chi connectivity index (χ4v) is 10.2. The van der Waals surface area contributed by atoms with Gasteiger partial charge in [0, 0.05) is 47.0 Å². The molecule has 2 aliphatic carbocycles. The van der Waals surface area contributed by atoms with Crippen molar-refractivity contribution in [3.05, 3.63) is 253 Å².